The first-order chi connectivity index (χ1) is 14.2. The van der Waals surface area contributed by atoms with Crippen molar-refractivity contribution < 1.29 is 8.94 Å². The number of rotatable bonds is 7. The number of hydrogen-bond donors (Lipinski definition) is 0. The van der Waals surface area contributed by atoms with Gasteiger partial charge in [-0.15, -0.1) is 10.2 Å². The predicted molar refractivity (Wildman–Crippen MR) is 111 cm³/mol. The molecule has 2 aromatic carbocycles. The fraction of sp³-hybridized carbons (Fsp3) is 0.261. The first-order valence-electron chi connectivity index (χ1n) is 9.77. The van der Waals surface area contributed by atoms with E-state index in [9.17, 15) is 0 Å². The third-order valence-corrected chi connectivity index (χ3v) is 5.05. The fourth-order valence-corrected chi connectivity index (χ4v) is 3.33. The van der Waals surface area contributed by atoms with Gasteiger partial charge < -0.3 is 8.94 Å². The largest absolute Gasteiger partial charge is 0.419 e. The van der Waals surface area contributed by atoms with Crippen molar-refractivity contribution in [2.24, 2.45) is 0 Å². The molecule has 0 aliphatic rings. The molecule has 6 heteroatoms. The average molecular weight is 388 g/mol. The average Bonchev–Trinajstić information content (AvgIpc) is 3.35. The molecule has 0 radical (unpaired) electrons. The standard InChI is InChI=1S/C23H24N4O2/c1-4-27(14-19-13-9-8-10-16(19)2)15-20-24-25-23(28-20)21-17(3)29-26-22(21)18-11-6-5-7-12-18/h5-13H,4,14-15H2,1-3H3. The second-order valence-electron chi connectivity index (χ2n) is 7.06. The second kappa shape index (κ2) is 8.41. The molecular weight excluding hydrogens is 364 g/mol. The van der Waals surface area contributed by atoms with E-state index in [4.69, 9.17) is 8.94 Å². The molecule has 0 aliphatic heterocycles. The Morgan fingerprint density at radius 1 is 0.897 bits per heavy atom. The predicted octanol–water partition coefficient (Wildman–Crippen LogP) is 5.03. The molecule has 0 saturated carbocycles. The van der Waals surface area contributed by atoms with Crippen LogP contribution in [0.4, 0.5) is 0 Å². The molecule has 0 fully saturated rings. The zero-order valence-corrected chi connectivity index (χ0v) is 16.9. The van der Waals surface area contributed by atoms with E-state index in [1.807, 2.05) is 37.3 Å². The number of benzene rings is 2. The summed E-state index contributed by atoms with van der Waals surface area (Å²) in [6.45, 7) is 8.43. The molecule has 0 bridgehead atoms. The molecule has 148 valence electrons. The van der Waals surface area contributed by atoms with E-state index >= 15 is 0 Å². The summed E-state index contributed by atoms with van der Waals surface area (Å²) in [6.07, 6.45) is 0. The minimum atomic E-state index is 0.435. The van der Waals surface area contributed by atoms with Crippen molar-refractivity contribution in [1.82, 2.24) is 20.3 Å². The Morgan fingerprint density at radius 3 is 2.41 bits per heavy atom. The van der Waals surface area contributed by atoms with E-state index in [0.29, 0.717) is 29.8 Å². The summed E-state index contributed by atoms with van der Waals surface area (Å²) in [7, 11) is 0. The van der Waals surface area contributed by atoms with E-state index in [1.54, 1.807) is 0 Å². The number of nitrogens with zero attached hydrogens (tertiary/aromatic N) is 4. The first-order valence-corrected chi connectivity index (χ1v) is 9.77. The lowest BCUT2D eigenvalue weighted by atomic mass is 10.1. The van der Waals surface area contributed by atoms with Gasteiger partial charge in [0.25, 0.3) is 5.89 Å². The van der Waals surface area contributed by atoms with Crippen molar-refractivity contribution >= 4 is 0 Å². The summed E-state index contributed by atoms with van der Waals surface area (Å²) in [5.41, 5.74) is 5.00. The van der Waals surface area contributed by atoms with Crippen molar-refractivity contribution in [2.75, 3.05) is 6.54 Å². The Morgan fingerprint density at radius 2 is 1.66 bits per heavy atom. The molecule has 2 heterocycles. The highest BCUT2D eigenvalue weighted by atomic mass is 16.5. The number of aromatic nitrogens is 3. The van der Waals surface area contributed by atoms with Gasteiger partial charge in [-0.1, -0.05) is 66.7 Å². The monoisotopic (exact) mass is 388 g/mol. The maximum atomic E-state index is 6.01. The van der Waals surface area contributed by atoms with Gasteiger partial charge in [-0.25, -0.2) is 0 Å². The molecule has 0 spiro atoms. The highest BCUT2D eigenvalue weighted by Gasteiger charge is 2.22. The van der Waals surface area contributed by atoms with Crippen LogP contribution in [0.5, 0.6) is 0 Å². The van der Waals surface area contributed by atoms with Gasteiger partial charge in [-0.3, -0.25) is 4.90 Å². The van der Waals surface area contributed by atoms with E-state index < -0.39 is 0 Å². The lowest BCUT2D eigenvalue weighted by molar-refractivity contribution is 0.243. The molecule has 29 heavy (non-hydrogen) atoms. The third kappa shape index (κ3) is 4.12. The molecule has 0 aliphatic carbocycles. The topological polar surface area (TPSA) is 68.2 Å². The van der Waals surface area contributed by atoms with Crippen molar-refractivity contribution in [2.45, 2.75) is 33.9 Å². The van der Waals surface area contributed by atoms with Crippen molar-refractivity contribution in [3.8, 4) is 22.7 Å². The van der Waals surface area contributed by atoms with Crippen LogP contribution in [0, 0.1) is 13.8 Å². The maximum Gasteiger partial charge on any atom is 0.253 e. The molecule has 6 nitrogen and oxygen atoms in total. The first kappa shape index (κ1) is 19.1. The van der Waals surface area contributed by atoms with Crippen LogP contribution in [0.1, 0.15) is 29.7 Å². The lowest BCUT2D eigenvalue weighted by Crippen LogP contribution is -2.22. The molecule has 4 rings (SSSR count). The molecule has 0 atom stereocenters. The number of aryl methyl sites for hydroxylation is 2. The van der Waals surface area contributed by atoms with Gasteiger partial charge in [-0.2, -0.15) is 0 Å². The fourth-order valence-electron chi connectivity index (χ4n) is 3.33. The minimum Gasteiger partial charge on any atom is -0.419 e. The normalized spacial score (nSPS) is 11.3. The Hall–Kier alpha value is -3.25. The van der Waals surface area contributed by atoms with Crippen LogP contribution in [-0.4, -0.2) is 26.8 Å². The van der Waals surface area contributed by atoms with Gasteiger partial charge >= 0.3 is 0 Å². The van der Waals surface area contributed by atoms with Crippen LogP contribution in [0.2, 0.25) is 0 Å². The van der Waals surface area contributed by atoms with Crippen molar-refractivity contribution in [3.63, 3.8) is 0 Å². The summed E-state index contributed by atoms with van der Waals surface area (Å²) in [5, 5.41) is 12.7. The van der Waals surface area contributed by atoms with Crippen molar-refractivity contribution in [3.05, 3.63) is 77.4 Å². The maximum absolute atomic E-state index is 6.01. The van der Waals surface area contributed by atoms with Crippen LogP contribution < -0.4 is 0 Å². The highest BCUT2D eigenvalue weighted by molar-refractivity contribution is 5.77. The highest BCUT2D eigenvalue weighted by Crippen LogP contribution is 2.33. The van der Waals surface area contributed by atoms with Gasteiger partial charge in [-0.05, 0) is 31.5 Å². The third-order valence-electron chi connectivity index (χ3n) is 5.05. The Balaban J connectivity index is 1.56. The van der Waals surface area contributed by atoms with Crippen LogP contribution in [0.15, 0.2) is 63.5 Å². The summed E-state index contributed by atoms with van der Waals surface area (Å²) >= 11 is 0. The summed E-state index contributed by atoms with van der Waals surface area (Å²) in [4.78, 5) is 2.28. The molecule has 0 N–H and O–H groups in total. The molecule has 2 aromatic heterocycles. The van der Waals surface area contributed by atoms with Crippen LogP contribution in [0.25, 0.3) is 22.7 Å². The number of hydrogen-bond acceptors (Lipinski definition) is 6. The minimum absolute atomic E-state index is 0.435. The van der Waals surface area contributed by atoms with E-state index in [2.05, 4.69) is 58.4 Å². The van der Waals surface area contributed by atoms with Gasteiger partial charge in [0.05, 0.1) is 6.54 Å². The molecule has 4 aromatic rings. The van der Waals surface area contributed by atoms with E-state index in [-0.39, 0.29) is 0 Å². The molecule has 0 unspecified atom stereocenters. The van der Waals surface area contributed by atoms with Crippen LogP contribution in [-0.2, 0) is 13.1 Å². The zero-order chi connectivity index (χ0) is 20.2. The molecular formula is C23H24N4O2. The van der Waals surface area contributed by atoms with Gasteiger partial charge in [0.2, 0.25) is 5.89 Å². The Kier molecular flexibility index (Phi) is 5.53. The van der Waals surface area contributed by atoms with Gasteiger partial charge in [0.15, 0.2) is 0 Å². The van der Waals surface area contributed by atoms with E-state index in [1.165, 1.54) is 11.1 Å². The van der Waals surface area contributed by atoms with Crippen LogP contribution >= 0.6 is 0 Å². The lowest BCUT2D eigenvalue weighted by Gasteiger charge is -2.19. The van der Waals surface area contributed by atoms with Gasteiger partial charge in [0, 0.05) is 12.1 Å². The molecule has 0 amide bonds. The van der Waals surface area contributed by atoms with E-state index in [0.717, 1.165) is 24.2 Å². The van der Waals surface area contributed by atoms with Gasteiger partial charge in [0.1, 0.15) is 17.0 Å². The second-order valence-corrected chi connectivity index (χ2v) is 7.06. The summed E-state index contributed by atoms with van der Waals surface area (Å²) in [6, 6.07) is 18.3. The quantitative estimate of drug-likeness (QED) is 0.442. The smallest absolute Gasteiger partial charge is 0.253 e. The zero-order valence-electron chi connectivity index (χ0n) is 16.9. The summed E-state index contributed by atoms with van der Waals surface area (Å²) in [5.74, 6) is 1.67. The summed E-state index contributed by atoms with van der Waals surface area (Å²) < 4.78 is 11.4. The SMILES string of the molecule is CCN(Cc1nnc(-c2c(-c3ccccc3)noc2C)o1)Cc1ccccc1C. The Bertz CT molecular complexity index is 1090. The molecule has 0 saturated heterocycles. The Labute approximate surface area is 170 Å². The van der Waals surface area contributed by atoms with Crippen LogP contribution in [0.3, 0.4) is 0 Å². The van der Waals surface area contributed by atoms with Crippen molar-refractivity contribution in [1.29, 1.82) is 0 Å².